The molecule has 2 aromatic carbocycles. The van der Waals surface area contributed by atoms with Gasteiger partial charge in [-0.1, -0.05) is 60.7 Å². The minimum atomic E-state index is 0.832. The molecule has 2 heteroatoms. The Morgan fingerprint density at radius 1 is 0.826 bits per heavy atom. The average Bonchev–Trinajstić information content (AvgIpc) is 2.59. The van der Waals surface area contributed by atoms with E-state index in [0.29, 0.717) is 0 Å². The van der Waals surface area contributed by atoms with Crippen molar-refractivity contribution in [1.29, 1.82) is 0 Å². The van der Waals surface area contributed by atoms with E-state index in [1.807, 2.05) is 0 Å². The van der Waals surface area contributed by atoms with E-state index < -0.39 is 0 Å². The quantitative estimate of drug-likeness (QED) is 0.795. The number of benzene rings is 2. The van der Waals surface area contributed by atoms with E-state index in [1.165, 1.54) is 43.6 Å². The van der Waals surface area contributed by atoms with Crippen LogP contribution >= 0.6 is 0 Å². The van der Waals surface area contributed by atoms with Gasteiger partial charge in [-0.25, -0.2) is 0 Å². The predicted octanol–water partition coefficient (Wildman–Crippen LogP) is 4.03. The Morgan fingerprint density at radius 2 is 1.30 bits per heavy atom. The summed E-state index contributed by atoms with van der Waals surface area (Å²) in [7, 11) is 2.24. The molecule has 0 saturated carbocycles. The average molecular weight is 308 g/mol. The fourth-order valence-electron chi connectivity index (χ4n) is 3.48. The van der Waals surface area contributed by atoms with E-state index in [9.17, 15) is 0 Å². The molecule has 0 unspecified atom stereocenters. The van der Waals surface area contributed by atoms with Crippen molar-refractivity contribution in [3.8, 4) is 0 Å². The van der Waals surface area contributed by atoms with Gasteiger partial charge in [0, 0.05) is 19.6 Å². The van der Waals surface area contributed by atoms with Gasteiger partial charge in [-0.15, -0.1) is 0 Å². The Labute approximate surface area is 140 Å². The third-order valence-electron chi connectivity index (χ3n) is 4.85. The number of rotatable bonds is 6. The summed E-state index contributed by atoms with van der Waals surface area (Å²) in [5, 5.41) is 0. The van der Waals surface area contributed by atoms with Gasteiger partial charge in [-0.05, 0) is 50.0 Å². The van der Waals surface area contributed by atoms with Crippen LogP contribution in [0.4, 0.5) is 0 Å². The summed E-state index contributed by atoms with van der Waals surface area (Å²) in [5.74, 6) is 0.832. The molecule has 0 spiro atoms. The summed E-state index contributed by atoms with van der Waals surface area (Å²) < 4.78 is 0. The SMILES string of the molecule is CN1CCC(CN(Cc2ccccc2)Cc2ccccc2)CC1. The molecule has 3 rings (SSSR count). The number of hydrogen-bond acceptors (Lipinski definition) is 2. The summed E-state index contributed by atoms with van der Waals surface area (Å²) in [6.07, 6.45) is 2.66. The largest absolute Gasteiger partial charge is 0.306 e. The molecule has 122 valence electrons. The van der Waals surface area contributed by atoms with Gasteiger partial charge in [0.1, 0.15) is 0 Å². The monoisotopic (exact) mass is 308 g/mol. The smallest absolute Gasteiger partial charge is 0.0237 e. The minimum absolute atomic E-state index is 0.832. The zero-order valence-electron chi connectivity index (χ0n) is 14.2. The van der Waals surface area contributed by atoms with Gasteiger partial charge < -0.3 is 4.90 Å². The van der Waals surface area contributed by atoms with E-state index in [0.717, 1.165) is 19.0 Å². The van der Waals surface area contributed by atoms with Crippen LogP contribution in [-0.4, -0.2) is 36.5 Å². The van der Waals surface area contributed by atoms with E-state index in [-0.39, 0.29) is 0 Å². The maximum atomic E-state index is 2.63. The molecule has 1 fully saturated rings. The number of piperidine rings is 1. The Hall–Kier alpha value is -1.64. The lowest BCUT2D eigenvalue weighted by Crippen LogP contribution is -2.36. The normalized spacial score (nSPS) is 16.8. The molecule has 1 aliphatic rings. The van der Waals surface area contributed by atoms with Crippen molar-refractivity contribution in [2.45, 2.75) is 25.9 Å². The van der Waals surface area contributed by atoms with Gasteiger partial charge in [-0.2, -0.15) is 0 Å². The van der Waals surface area contributed by atoms with Gasteiger partial charge in [-0.3, -0.25) is 4.90 Å². The molecule has 0 aromatic heterocycles. The lowest BCUT2D eigenvalue weighted by molar-refractivity contribution is 0.151. The maximum absolute atomic E-state index is 2.63. The summed E-state index contributed by atoms with van der Waals surface area (Å²) in [4.78, 5) is 5.08. The molecular weight excluding hydrogens is 280 g/mol. The predicted molar refractivity (Wildman–Crippen MR) is 97.2 cm³/mol. The van der Waals surface area contributed by atoms with Crippen molar-refractivity contribution in [2.75, 3.05) is 26.7 Å². The second-order valence-corrected chi connectivity index (χ2v) is 6.89. The standard InChI is InChI=1S/C21H28N2/c1-22-14-12-21(13-15-22)18-23(16-19-8-4-2-5-9-19)17-20-10-6-3-7-11-20/h2-11,21H,12-18H2,1H3. The summed E-state index contributed by atoms with van der Waals surface area (Å²) in [6.45, 7) is 5.78. The Morgan fingerprint density at radius 3 is 1.78 bits per heavy atom. The molecule has 1 aliphatic heterocycles. The van der Waals surface area contributed by atoms with E-state index in [2.05, 4.69) is 77.5 Å². The van der Waals surface area contributed by atoms with Crippen molar-refractivity contribution in [3.05, 3.63) is 71.8 Å². The first kappa shape index (κ1) is 16.2. The summed E-state index contributed by atoms with van der Waals surface area (Å²) in [6, 6.07) is 21.7. The Kier molecular flexibility index (Phi) is 5.84. The lowest BCUT2D eigenvalue weighted by atomic mass is 9.96. The Bertz CT molecular complexity index is 517. The second kappa shape index (κ2) is 8.28. The minimum Gasteiger partial charge on any atom is -0.306 e. The molecule has 0 atom stereocenters. The van der Waals surface area contributed by atoms with Gasteiger partial charge in [0.2, 0.25) is 0 Å². The lowest BCUT2D eigenvalue weighted by Gasteiger charge is -2.33. The third kappa shape index (κ3) is 5.19. The zero-order chi connectivity index (χ0) is 15.9. The first-order valence-electron chi connectivity index (χ1n) is 8.78. The fourth-order valence-corrected chi connectivity index (χ4v) is 3.48. The summed E-state index contributed by atoms with van der Waals surface area (Å²) >= 11 is 0. The van der Waals surface area contributed by atoms with Crippen molar-refractivity contribution in [1.82, 2.24) is 9.80 Å². The van der Waals surface area contributed by atoms with Crippen molar-refractivity contribution in [2.24, 2.45) is 5.92 Å². The van der Waals surface area contributed by atoms with Gasteiger partial charge in [0.25, 0.3) is 0 Å². The van der Waals surface area contributed by atoms with Crippen molar-refractivity contribution >= 4 is 0 Å². The first-order valence-corrected chi connectivity index (χ1v) is 8.78. The molecule has 0 amide bonds. The highest BCUT2D eigenvalue weighted by atomic mass is 15.1. The van der Waals surface area contributed by atoms with Crippen molar-refractivity contribution in [3.63, 3.8) is 0 Å². The third-order valence-corrected chi connectivity index (χ3v) is 4.85. The van der Waals surface area contributed by atoms with Crippen LogP contribution < -0.4 is 0 Å². The topological polar surface area (TPSA) is 6.48 Å². The number of likely N-dealkylation sites (tertiary alicyclic amines) is 1. The van der Waals surface area contributed by atoms with Crippen molar-refractivity contribution < 1.29 is 0 Å². The fraction of sp³-hybridized carbons (Fsp3) is 0.429. The van der Waals surface area contributed by atoms with Crippen LogP contribution in [0.25, 0.3) is 0 Å². The molecule has 2 nitrogen and oxygen atoms in total. The molecule has 1 saturated heterocycles. The molecule has 2 aromatic rings. The highest BCUT2D eigenvalue weighted by Gasteiger charge is 2.19. The highest BCUT2D eigenvalue weighted by Crippen LogP contribution is 2.20. The number of hydrogen-bond donors (Lipinski definition) is 0. The Balaban J connectivity index is 1.65. The zero-order valence-corrected chi connectivity index (χ0v) is 14.2. The molecular formula is C21H28N2. The van der Waals surface area contributed by atoms with E-state index in [1.54, 1.807) is 0 Å². The summed E-state index contributed by atoms with van der Waals surface area (Å²) in [5.41, 5.74) is 2.83. The number of nitrogens with zero attached hydrogens (tertiary/aromatic N) is 2. The van der Waals surface area contributed by atoms with Crippen LogP contribution in [0.1, 0.15) is 24.0 Å². The molecule has 0 bridgehead atoms. The van der Waals surface area contributed by atoms with Gasteiger partial charge >= 0.3 is 0 Å². The molecule has 1 heterocycles. The van der Waals surface area contributed by atoms with Crippen LogP contribution in [0.5, 0.6) is 0 Å². The van der Waals surface area contributed by atoms with Crippen LogP contribution in [0.2, 0.25) is 0 Å². The second-order valence-electron chi connectivity index (χ2n) is 6.89. The molecule has 23 heavy (non-hydrogen) atoms. The van der Waals surface area contributed by atoms with Gasteiger partial charge in [0.15, 0.2) is 0 Å². The van der Waals surface area contributed by atoms with Gasteiger partial charge in [0.05, 0.1) is 0 Å². The van der Waals surface area contributed by atoms with Crippen LogP contribution in [0.15, 0.2) is 60.7 Å². The van der Waals surface area contributed by atoms with Crippen LogP contribution in [0, 0.1) is 5.92 Å². The molecule has 0 aliphatic carbocycles. The van der Waals surface area contributed by atoms with Crippen LogP contribution in [0.3, 0.4) is 0 Å². The molecule has 0 radical (unpaired) electrons. The van der Waals surface area contributed by atoms with E-state index in [4.69, 9.17) is 0 Å². The van der Waals surface area contributed by atoms with E-state index >= 15 is 0 Å². The highest BCUT2D eigenvalue weighted by molar-refractivity contribution is 5.17. The first-order chi connectivity index (χ1) is 11.3. The maximum Gasteiger partial charge on any atom is 0.0237 e. The van der Waals surface area contributed by atoms with Crippen LogP contribution in [-0.2, 0) is 13.1 Å². The molecule has 0 N–H and O–H groups in total.